The molecule has 4 aromatic rings. The van der Waals surface area contributed by atoms with Crippen molar-refractivity contribution in [1.82, 2.24) is 15.5 Å². The highest BCUT2D eigenvalue weighted by atomic mass is 32.1. The number of hydrogen-bond donors (Lipinski definition) is 2. The zero-order valence-electron chi connectivity index (χ0n) is 18.0. The molecule has 2 amide bonds. The molecule has 8 heteroatoms. The molecule has 5 rings (SSSR count). The van der Waals surface area contributed by atoms with E-state index in [9.17, 15) is 9.59 Å². The lowest BCUT2D eigenvalue weighted by Gasteiger charge is -2.12. The number of carbonyl (C=O) groups is 2. The number of anilines is 1. The van der Waals surface area contributed by atoms with Crippen LogP contribution >= 0.6 is 11.3 Å². The van der Waals surface area contributed by atoms with Crippen molar-refractivity contribution >= 4 is 39.9 Å². The van der Waals surface area contributed by atoms with Crippen LogP contribution in [-0.4, -0.2) is 28.0 Å². The Kier molecular flexibility index (Phi) is 5.01. The number of hydrogen-bond acceptors (Lipinski definition) is 6. The standard InChI is InChI=1S/C24H22N4O3S/c1-12-10-17(14(3)32-12)20-11-18(21-13(2)28-31-24(21)27-20)23(30)26-19-7-5-4-6-16(19)22(29)25-15-8-9-15/h4-7,10-11,15H,8-9H2,1-3H3,(H,25,29)(H,26,30). The summed E-state index contributed by atoms with van der Waals surface area (Å²) in [4.78, 5) is 32.9. The first-order valence-electron chi connectivity index (χ1n) is 10.5. The van der Waals surface area contributed by atoms with Crippen LogP contribution in [0.3, 0.4) is 0 Å². The molecular formula is C24H22N4O3S. The second kappa shape index (κ2) is 7.87. The number of benzene rings is 1. The first-order chi connectivity index (χ1) is 15.4. The van der Waals surface area contributed by atoms with Crippen LogP contribution in [0.4, 0.5) is 5.69 Å². The molecule has 1 aromatic carbocycles. The Morgan fingerprint density at radius 1 is 1.06 bits per heavy atom. The van der Waals surface area contributed by atoms with Gasteiger partial charge in [0.15, 0.2) is 0 Å². The van der Waals surface area contributed by atoms with E-state index in [1.807, 2.05) is 13.8 Å². The average Bonchev–Trinajstić information content (AvgIpc) is 3.41. The number of para-hydroxylation sites is 1. The second-order valence-electron chi connectivity index (χ2n) is 8.08. The zero-order valence-corrected chi connectivity index (χ0v) is 18.8. The zero-order chi connectivity index (χ0) is 22.4. The molecule has 3 heterocycles. The van der Waals surface area contributed by atoms with Crippen LogP contribution in [-0.2, 0) is 0 Å². The van der Waals surface area contributed by atoms with E-state index in [-0.39, 0.29) is 17.9 Å². The monoisotopic (exact) mass is 446 g/mol. The van der Waals surface area contributed by atoms with E-state index < -0.39 is 0 Å². The molecule has 1 aliphatic carbocycles. The summed E-state index contributed by atoms with van der Waals surface area (Å²) in [6.07, 6.45) is 1.98. The summed E-state index contributed by atoms with van der Waals surface area (Å²) in [7, 11) is 0. The number of aryl methyl sites for hydroxylation is 3. The number of nitrogens with zero attached hydrogens (tertiary/aromatic N) is 2. The van der Waals surface area contributed by atoms with Crippen molar-refractivity contribution in [3.8, 4) is 11.3 Å². The van der Waals surface area contributed by atoms with Gasteiger partial charge in [-0.2, -0.15) is 0 Å². The highest BCUT2D eigenvalue weighted by Gasteiger charge is 2.26. The average molecular weight is 447 g/mol. The lowest BCUT2D eigenvalue weighted by Crippen LogP contribution is -2.27. The second-order valence-corrected chi connectivity index (χ2v) is 9.54. The van der Waals surface area contributed by atoms with Crippen LogP contribution in [0.15, 0.2) is 40.9 Å². The molecule has 0 saturated heterocycles. The van der Waals surface area contributed by atoms with Gasteiger partial charge >= 0.3 is 0 Å². The van der Waals surface area contributed by atoms with Crippen molar-refractivity contribution in [3.63, 3.8) is 0 Å². The molecule has 1 aliphatic rings. The SMILES string of the molecule is Cc1cc(-c2cc(C(=O)Nc3ccccc3C(=O)NC3CC3)c3c(C)noc3n2)c(C)s1. The Morgan fingerprint density at radius 3 is 2.56 bits per heavy atom. The first-order valence-corrected chi connectivity index (χ1v) is 11.3. The van der Waals surface area contributed by atoms with E-state index in [0.29, 0.717) is 39.3 Å². The van der Waals surface area contributed by atoms with Gasteiger partial charge in [-0.3, -0.25) is 9.59 Å². The van der Waals surface area contributed by atoms with Crippen molar-refractivity contribution in [2.45, 2.75) is 39.7 Å². The molecule has 0 bridgehead atoms. The highest BCUT2D eigenvalue weighted by molar-refractivity contribution is 7.12. The fraction of sp³-hybridized carbons (Fsp3) is 0.250. The molecule has 1 saturated carbocycles. The van der Waals surface area contributed by atoms with Gasteiger partial charge in [-0.05, 0) is 57.9 Å². The Bertz CT molecular complexity index is 1370. The van der Waals surface area contributed by atoms with Crippen LogP contribution in [0.25, 0.3) is 22.4 Å². The molecule has 32 heavy (non-hydrogen) atoms. The number of aromatic nitrogens is 2. The molecule has 7 nitrogen and oxygen atoms in total. The van der Waals surface area contributed by atoms with Gasteiger partial charge < -0.3 is 15.2 Å². The highest BCUT2D eigenvalue weighted by Crippen LogP contribution is 2.33. The minimum Gasteiger partial charge on any atom is -0.349 e. The fourth-order valence-electron chi connectivity index (χ4n) is 3.77. The number of amides is 2. The van der Waals surface area contributed by atoms with Gasteiger partial charge in [0, 0.05) is 21.4 Å². The summed E-state index contributed by atoms with van der Waals surface area (Å²) in [6.45, 7) is 5.84. The fourth-order valence-corrected chi connectivity index (χ4v) is 4.70. The third-order valence-electron chi connectivity index (χ3n) is 5.51. The molecule has 0 aliphatic heterocycles. The maximum atomic E-state index is 13.4. The van der Waals surface area contributed by atoms with Gasteiger partial charge in [-0.15, -0.1) is 11.3 Å². The molecule has 3 aromatic heterocycles. The predicted octanol–water partition coefficient (Wildman–Crippen LogP) is 5.02. The van der Waals surface area contributed by atoms with Crippen LogP contribution < -0.4 is 10.6 Å². The number of nitrogens with one attached hydrogen (secondary N) is 2. The van der Waals surface area contributed by atoms with Crippen LogP contribution in [0.5, 0.6) is 0 Å². The predicted molar refractivity (Wildman–Crippen MR) is 124 cm³/mol. The molecule has 0 spiro atoms. The Balaban J connectivity index is 1.55. The maximum absolute atomic E-state index is 13.4. The first kappa shape index (κ1) is 20.4. The minimum absolute atomic E-state index is 0.186. The van der Waals surface area contributed by atoms with Crippen molar-refractivity contribution in [2.75, 3.05) is 5.32 Å². The molecule has 2 N–H and O–H groups in total. The molecule has 0 unspecified atom stereocenters. The minimum atomic E-state index is -0.346. The van der Waals surface area contributed by atoms with Crippen molar-refractivity contribution in [2.24, 2.45) is 0 Å². The van der Waals surface area contributed by atoms with E-state index in [4.69, 9.17) is 4.52 Å². The van der Waals surface area contributed by atoms with Crippen LogP contribution in [0.2, 0.25) is 0 Å². The smallest absolute Gasteiger partial charge is 0.259 e. The van der Waals surface area contributed by atoms with E-state index in [1.165, 1.54) is 0 Å². The van der Waals surface area contributed by atoms with E-state index in [2.05, 4.69) is 26.8 Å². The third-order valence-corrected chi connectivity index (χ3v) is 6.48. The summed E-state index contributed by atoms with van der Waals surface area (Å²) in [5.74, 6) is -0.532. The van der Waals surface area contributed by atoms with Crippen molar-refractivity contribution in [3.05, 3.63) is 63.0 Å². The summed E-state index contributed by atoms with van der Waals surface area (Å²) in [6, 6.07) is 11.1. The largest absolute Gasteiger partial charge is 0.349 e. The van der Waals surface area contributed by atoms with Crippen molar-refractivity contribution < 1.29 is 14.1 Å². The van der Waals surface area contributed by atoms with Crippen LogP contribution in [0.1, 0.15) is 49.0 Å². The van der Waals surface area contributed by atoms with Gasteiger partial charge in [0.25, 0.3) is 17.5 Å². The number of fused-ring (bicyclic) bond motifs is 1. The van der Waals surface area contributed by atoms with Gasteiger partial charge in [0.2, 0.25) is 0 Å². The lowest BCUT2D eigenvalue weighted by molar-refractivity contribution is 0.0952. The van der Waals surface area contributed by atoms with Crippen molar-refractivity contribution in [1.29, 1.82) is 0 Å². The van der Waals surface area contributed by atoms with E-state index in [0.717, 1.165) is 28.2 Å². The number of rotatable bonds is 5. The third kappa shape index (κ3) is 3.78. The van der Waals surface area contributed by atoms with Gasteiger partial charge in [0.1, 0.15) is 0 Å². The quantitative estimate of drug-likeness (QED) is 0.449. The van der Waals surface area contributed by atoms with Crippen LogP contribution in [0, 0.1) is 20.8 Å². The summed E-state index contributed by atoms with van der Waals surface area (Å²) >= 11 is 1.68. The van der Waals surface area contributed by atoms with E-state index >= 15 is 0 Å². The molecular weight excluding hydrogens is 424 g/mol. The molecule has 0 radical (unpaired) electrons. The lowest BCUT2D eigenvalue weighted by atomic mass is 10.0. The maximum Gasteiger partial charge on any atom is 0.259 e. The van der Waals surface area contributed by atoms with Gasteiger partial charge in [-0.1, -0.05) is 17.3 Å². The Labute approximate surface area is 188 Å². The Morgan fingerprint density at radius 2 is 1.84 bits per heavy atom. The summed E-state index contributed by atoms with van der Waals surface area (Å²) in [5, 5.41) is 10.5. The number of pyridine rings is 1. The Hall–Kier alpha value is -3.52. The molecule has 0 atom stereocenters. The normalized spacial score (nSPS) is 13.3. The summed E-state index contributed by atoms with van der Waals surface area (Å²) in [5.41, 5.74) is 3.81. The summed E-state index contributed by atoms with van der Waals surface area (Å²) < 4.78 is 5.41. The topological polar surface area (TPSA) is 97.1 Å². The van der Waals surface area contributed by atoms with Gasteiger partial charge in [-0.25, -0.2) is 4.98 Å². The molecule has 1 fully saturated rings. The van der Waals surface area contributed by atoms with E-state index in [1.54, 1.807) is 48.6 Å². The number of carbonyl (C=O) groups excluding carboxylic acids is 2. The van der Waals surface area contributed by atoms with Gasteiger partial charge in [0.05, 0.1) is 33.6 Å². The molecule has 162 valence electrons. The number of thiophene rings is 1.